The van der Waals surface area contributed by atoms with Crippen LogP contribution in [0.15, 0.2) is 54.6 Å². The molecule has 0 unspecified atom stereocenters. The first-order valence-electron chi connectivity index (χ1n) is 8.24. The maximum Gasteiger partial charge on any atom is 0.387 e. The van der Waals surface area contributed by atoms with Crippen molar-refractivity contribution >= 4 is 12.0 Å². The zero-order valence-corrected chi connectivity index (χ0v) is 14.6. The molecule has 1 N–H and O–H groups in total. The van der Waals surface area contributed by atoms with Crippen molar-refractivity contribution in [2.45, 2.75) is 26.5 Å². The molecule has 0 aliphatic heterocycles. The summed E-state index contributed by atoms with van der Waals surface area (Å²) in [6.45, 7) is 1.01. The first-order chi connectivity index (χ1) is 12.5. The van der Waals surface area contributed by atoms with Crippen LogP contribution in [-0.4, -0.2) is 19.1 Å². The van der Waals surface area contributed by atoms with Crippen LogP contribution in [0, 0.1) is 0 Å². The molecule has 0 saturated heterocycles. The molecule has 1 amide bonds. The molecule has 2 rings (SSSR count). The van der Waals surface area contributed by atoms with E-state index in [1.54, 1.807) is 25.1 Å². The first kappa shape index (κ1) is 19.4. The van der Waals surface area contributed by atoms with Gasteiger partial charge in [0.15, 0.2) is 11.5 Å². The smallest absolute Gasteiger partial charge is 0.387 e. The second kappa shape index (κ2) is 9.56. The monoisotopic (exact) mass is 361 g/mol. The zero-order chi connectivity index (χ0) is 18.9. The van der Waals surface area contributed by atoms with Gasteiger partial charge in [-0.3, -0.25) is 4.79 Å². The average Bonchev–Trinajstić information content (AvgIpc) is 2.62. The van der Waals surface area contributed by atoms with E-state index >= 15 is 0 Å². The number of rotatable bonds is 8. The second-order valence-electron chi connectivity index (χ2n) is 5.49. The van der Waals surface area contributed by atoms with Crippen LogP contribution in [0.3, 0.4) is 0 Å². The molecule has 2 aromatic carbocycles. The molecule has 138 valence electrons. The third-order valence-electron chi connectivity index (χ3n) is 3.57. The molecule has 0 bridgehead atoms. The Morgan fingerprint density at radius 3 is 2.54 bits per heavy atom. The van der Waals surface area contributed by atoms with Gasteiger partial charge in [0.05, 0.1) is 12.6 Å². The summed E-state index contributed by atoms with van der Waals surface area (Å²) >= 11 is 0. The number of ether oxygens (including phenoxy) is 2. The van der Waals surface area contributed by atoms with E-state index in [0.717, 1.165) is 5.56 Å². The Hall–Kier alpha value is -2.89. The largest absolute Gasteiger partial charge is 0.490 e. The number of carbonyl (C=O) groups excluding carboxylic acids is 1. The van der Waals surface area contributed by atoms with Gasteiger partial charge in [-0.25, -0.2) is 0 Å². The number of benzene rings is 2. The number of hydrogen-bond donors (Lipinski definition) is 1. The predicted molar refractivity (Wildman–Crippen MR) is 96.3 cm³/mol. The van der Waals surface area contributed by atoms with E-state index in [-0.39, 0.29) is 23.4 Å². The number of alkyl halides is 2. The standard InChI is InChI=1S/C20H21F2NO3/c1-3-25-18-13-15(9-11-17(18)26-20(21)22)10-12-19(24)23-14(2)16-7-5-4-6-8-16/h4-14,20H,3H2,1-2H3,(H,23,24)/b12-10+/t14-/m1/s1. The van der Waals surface area contributed by atoms with Crippen molar-refractivity contribution < 1.29 is 23.0 Å². The highest BCUT2D eigenvalue weighted by molar-refractivity contribution is 5.92. The lowest BCUT2D eigenvalue weighted by molar-refractivity contribution is -0.117. The van der Waals surface area contributed by atoms with Gasteiger partial charge in [0.25, 0.3) is 0 Å². The molecule has 0 aliphatic rings. The zero-order valence-electron chi connectivity index (χ0n) is 14.6. The Morgan fingerprint density at radius 1 is 1.15 bits per heavy atom. The SMILES string of the molecule is CCOc1cc(/C=C/C(=O)N[C@H](C)c2ccccc2)ccc1OC(F)F. The highest BCUT2D eigenvalue weighted by Gasteiger charge is 2.11. The van der Waals surface area contributed by atoms with Gasteiger partial charge in [-0.2, -0.15) is 8.78 Å². The lowest BCUT2D eigenvalue weighted by atomic mass is 10.1. The van der Waals surface area contributed by atoms with Crippen LogP contribution < -0.4 is 14.8 Å². The fourth-order valence-electron chi connectivity index (χ4n) is 2.35. The molecule has 0 aromatic heterocycles. The van der Waals surface area contributed by atoms with Crippen LogP contribution in [0.5, 0.6) is 11.5 Å². The van der Waals surface area contributed by atoms with E-state index in [1.165, 1.54) is 12.1 Å². The van der Waals surface area contributed by atoms with Crippen molar-refractivity contribution in [1.29, 1.82) is 0 Å². The Bertz CT molecular complexity index is 748. The molecule has 2 aromatic rings. The summed E-state index contributed by atoms with van der Waals surface area (Å²) < 4.78 is 34.6. The summed E-state index contributed by atoms with van der Waals surface area (Å²) in [5, 5.41) is 2.86. The lowest BCUT2D eigenvalue weighted by Gasteiger charge is -2.13. The molecular weight excluding hydrogens is 340 g/mol. The maximum absolute atomic E-state index is 12.4. The van der Waals surface area contributed by atoms with Gasteiger partial charge in [-0.1, -0.05) is 36.4 Å². The fraction of sp³-hybridized carbons (Fsp3) is 0.250. The molecule has 26 heavy (non-hydrogen) atoms. The van der Waals surface area contributed by atoms with E-state index in [9.17, 15) is 13.6 Å². The Kier molecular flexibility index (Phi) is 7.14. The number of nitrogens with one attached hydrogen (secondary N) is 1. The van der Waals surface area contributed by atoms with Gasteiger partial charge in [-0.15, -0.1) is 0 Å². The highest BCUT2D eigenvalue weighted by Crippen LogP contribution is 2.30. The molecule has 0 saturated carbocycles. The van der Waals surface area contributed by atoms with Crippen molar-refractivity contribution in [2.75, 3.05) is 6.61 Å². The van der Waals surface area contributed by atoms with Gasteiger partial charge >= 0.3 is 6.61 Å². The van der Waals surface area contributed by atoms with Crippen molar-refractivity contribution in [3.63, 3.8) is 0 Å². The third kappa shape index (κ3) is 5.88. The molecule has 0 fully saturated rings. The molecule has 0 aliphatic carbocycles. The summed E-state index contributed by atoms with van der Waals surface area (Å²) in [5.41, 5.74) is 1.64. The number of carbonyl (C=O) groups is 1. The van der Waals surface area contributed by atoms with Gasteiger partial charge in [-0.05, 0) is 43.2 Å². The molecule has 4 nitrogen and oxygen atoms in total. The second-order valence-corrected chi connectivity index (χ2v) is 5.49. The minimum Gasteiger partial charge on any atom is -0.490 e. The molecule has 1 atom stereocenters. The van der Waals surface area contributed by atoms with Crippen molar-refractivity contribution in [2.24, 2.45) is 0 Å². The first-order valence-corrected chi connectivity index (χ1v) is 8.24. The summed E-state index contributed by atoms with van der Waals surface area (Å²) in [5.74, 6) is -0.0959. The minimum atomic E-state index is -2.93. The van der Waals surface area contributed by atoms with Gasteiger partial charge in [0.1, 0.15) is 0 Å². The highest BCUT2D eigenvalue weighted by atomic mass is 19.3. The van der Waals surface area contributed by atoms with Crippen molar-refractivity contribution in [3.05, 3.63) is 65.7 Å². The van der Waals surface area contributed by atoms with Crippen molar-refractivity contribution in [1.82, 2.24) is 5.32 Å². The van der Waals surface area contributed by atoms with Gasteiger partial charge in [0.2, 0.25) is 5.91 Å². The summed E-state index contributed by atoms with van der Waals surface area (Å²) in [6.07, 6.45) is 2.97. The topological polar surface area (TPSA) is 47.6 Å². The van der Waals surface area contributed by atoms with Crippen molar-refractivity contribution in [3.8, 4) is 11.5 Å². The molecule has 6 heteroatoms. The van der Waals surface area contributed by atoms with Gasteiger partial charge < -0.3 is 14.8 Å². The summed E-state index contributed by atoms with van der Waals surface area (Å²) in [6, 6.07) is 14.0. The third-order valence-corrected chi connectivity index (χ3v) is 3.57. The Balaban J connectivity index is 2.04. The summed E-state index contributed by atoms with van der Waals surface area (Å²) in [4.78, 5) is 12.1. The van der Waals surface area contributed by atoms with Crippen LogP contribution in [0.2, 0.25) is 0 Å². The average molecular weight is 361 g/mol. The van der Waals surface area contributed by atoms with E-state index in [2.05, 4.69) is 10.1 Å². The summed E-state index contributed by atoms with van der Waals surface area (Å²) in [7, 11) is 0. The molecule has 0 spiro atoms. The number of halogens is 2. The van der Waals surface area contributed by atoms with Crippen LogP contribution >= 0.6 is 0 Å². The van der Waals surface area contributed by atoms with Crippen LogP contribution in [0.1, 0.15) is 31.0 Å². The van der Waals surface area contributed by atoms with E-state index < -0.39 is 6.61 Å². The van der Waals surface area contributed by atoms with Crippen LogP contribution in [-0.2, 0) is 4.79 Å². The number of hydrogen-bond acceptors (Lipinski definition) is 3. The van der Waals surface area contributed by atoms with Gasteiger partial charge in [0, 0.05) is 6.08 Å². The molecular formula is C20H21F2NO3. The minimum absolute atomic E-state index is 0.0406. The quantitative estimate of drug-likeness (QED) is 0.700. The molecule has 0 radical (unpaired) electrons. The van der Waals surface area contributed by atoms with E-state index in [0.29, 0.717) is 12.2 Å². The predicted octanol–water partition coefficient (Wildman–Crippen LogP) is 4.58. The van der Waals surface area contributed by atoms with E-state index in [1.807, 2.05) is 37.3 Å². The molecule has 0 heterocycles. The lowest BCUT2D eigenvalue weighted by Crippen LogP contribution is -2.24. The van der Waals surface area contributed by atoms with Crippen LogP contribution in [0.4, 0.5) is 8.78 Å². The Morgan fingerprint density at radius 2 is 1.88 bits per heavy atom. The van der Waals surface area contributed by atoms with Crippen LogP contribution in [0.25, 0.3) is 6.08 Å². The van der Waals surface area contributed by atoms with E-state index in [4.69, 9.17) is 4.74 Å². The fourth-order valence-corrected chi connectivity index (χ4v) is 2.35. The maximum atomic E-state index is 12.4. The number of amides is 1. The Labute approximate surface area is 151 Å². The normalized spacial score (nSPS) is 12.2.